The average Bonchev–Trinajstić information content (AvgIpc) is 3.01. The van der Waals surface area contributed by atoms with Gasteiger partial charge < -0.3 is 5.32 Å². The number of hydrogen-bond donors (Lipinski definition) is 1. The van der Waals surface area contributed by atoms with Crippen LogP contribution in [0.4, 0.5) is 0 Å². The van der Waals surface area contributed by atoms with Crippen LogP contribution in [0.3, 0.4) is 0 Å². The summed E-state index contributed by atoms with van der Waals surface area (Å²) < 4.78 is 2.01. The van der Waals surface area contributed by atoms with Crippen LogP contribution in [0.1, 0.15) is 37.6 Å². The lowest BCUT2D eigenvalue weighted by atomic mass is 10.1. The summed E-state index contributed by atoms with van der Waals surface area (Å²) in [6, 6.07) is 11.9. The molecule has 0 radical (unpaired) electrons. The van der Waals surface area contributed by atoms with Crippen molar-refractivity contribution in [3.8, 4) is 11.3 Å². The Hall–Kier alpha value is -2.17. The van der Waals surface area contributed by atoms with Crippen LogP contribution in [0.2, 0.25) is 5.02 Å². The Morgan fingerprint density at radius 2 is 1.85 bits per heavy atom. The SMILES string of the molecule is Cc1cccnc1CNCc1cn(C(C)(C)C)nc1-c1ccccc1Cl. The highest BCUT2D eigenvalue weighted by Gasteiger charge is 2.20. The van der Waals surface area contributed by atoms with Crippen LogP contribution in [0.5, 0.6) is 0 Å². The number of aryl methyl sites for hydroxylation is 1. The Morgan fingerprint density at radius 1 is 1.08 bits per heavy atom. The third-order valence-electron chi connectivity index (χ3n) is 4.33. The van der Waals surface area contributed by atoms with Gasteiger partial charge in [-0.2, -0.15) is 5.10 Å². The van der Waals surface area contributed by atoms with Gasteiger partial charge in [0.2, 0.25) is 0 Å². The van der Waals surface area contributed by atoms with E-state index in [1.54, 1.807) is 0 Å². The molecule has 2 heterocycles. The van der Waals surface area contributed by atoms with Crippen LogP contribution < -0.4 is 5.32 Å². The summed E-state index contributed by atoms with van der Waals surface area (Å²) in [5.74, 6) is 0. The number of nitrogens with one attached hydrogen (secondary N) is 1. The number of rotatable bonds is 5. The zero-order chi connectivity index (χ0) is 18.7. The zero-order valence-electron chi connectivity index (χ0n) is 15.8. The Morgan fingerprint density at radius 3 is 2.54 bits per heavy atom. The van der Waals surface area contributed by atoms with Crippen molar-refractivity contribution in [2.45, 2.75) is 46.3 Å². The van der Waals surface area contributed by atoms with E-state index in [4.69, 9.17) is 16.7 Å². The molecule has 5 heteroatoms. The van der Waals surface area contributed by atoms with Gasteiger partial charge in [-0.1, -0.05) is 35.9 Å². The summed E-state index contributed by atoms with van der Waals surface area (Å²) in [6.07, 6.45) is 3.94. The molecule has 3 rings (SSSR count). The maximum Gasteiger partial charge on any atom is 0.0983 e. The lowest BCUT2D eigenvalue weighted by molar-refractivity contribution is 0.356. The van der Waals surface area contributed by atoms with Gasteiger partial charge in [0.1, 0.15) is 0 Å². The Kier molecular flexibility index (Phi) is 5.44. The molecular weight excluding hydrogens is 344 g/mol. The van der Waals surface area contributed by atoms with E-state index in [0.717, 1.165) is 29.1 Å². The summed E-state index contributed by atoms with van der Waals surface area (Å²) >= 11 is 6.43. The molecule has 3 aromatic rings. The predicted molar refractivity (Wildman–Crippen MR) is 107 cm³/mol. The Bertz CT molecular complexity index is 893. The Balaban J connectivity index is 1.87. The third-order valence-corrected chi connectivity index (χ3v) is 4.66. The summed E-state index contributed by atoms with van der Waals surface area (Å²) in [6.45, 7) is 9.93. The number of hydrogen-bond acceptors (Lipinski definition) is 3. The van der Waals surface area contributed by atoms with Gasteiger partial charge in [0.25, 0.3) is 0 Å². The molecule has 0 aliphatic carbocycles. The largest absolute Gasteiger partial charge is 0.307 e. The van der Waals surface area contributed by atoms with Crippen molar-refractivity contribution in [2.75, 3.05) is 0 Å². The average molecular weight is 369 g/mol. The summed E-state index contributed by atoms with van der Waals surface area (Å²) in [4.78, 5) is 4.44. The van der Waals surface area contributed by atoms with E-state index in [2.05, 4.69) is 50.3 Å². The first-order valence-electron chi connectivity index (χ1n) is 8.81. The maximum atomic E-state index is 6.43. The van der Waals surface area contributed by atoms with Crippen LogP contribution in [-0.4, -0.2) is 14.8 Å². The molecule has 0 atom stereocenters. The molecule has 0 fully saturated rings. The summed E-state index contributed by atoms with van der Waals surface area (Å²) in [5, 5.41) is 9.04. The predicted octanol–water partition coefficient (Wildman–Crippen LogP) is 4.95. The molecule has 0 saturated carbocycles. The molecule has 0 aliphatic heterocycles. The second kappa shape index (κ2) is 7.60. The van der Waals surface area contributed by atoms with Crippen molar-refractivity contribution in [1.82, 2.24) is 20.1 Å². The van der Waals surface area contributed by atoms with Crippen molar-refractivity contribution in [3.63, 3.8) is 0 Å². The monoisotopic (exact) mass is 368 g/mol. The van der Waals surface area contributed by atoms with Gasteiger partial charge in [-0.3, -0.25) is 9.67 Å². The van der Waals surface area contributed by atoms with E-state index in [1.165, 1.54) is 5.56 Å². The minimum atomic E-state index is -0.0914. The summed E-state index contributed by atoms with van der Waals surface area (Å²) in [5.41, 5.74) is 5.18. The highest BCUT2D eigenvalue weighted by molar-refractivity contribution is 6.33. The van der Waals surface area contributed by atoms with E-state index < -0.39 is 0 Å². The first kappa shape index (κ1) is 18.6. The fourth-order valence-corrected chi connectivity index (χ4v) is 3.01. The van der Waals surface area contributed by atoms with Crippen molar-refractivity contribution in [2.24, 2.45) is 0 Å². The number of pyridine rings is 1. The van der Waals surface area contributed by atoms with Gasteiger partial charge in [-0.15, -0.1) is 0 Å². The zero-order valence-corrected chi connectivity index (χ0v) is 16.5. The number of halogens is 1. The standard InChI is InChI=1S/C21H25ClN4/c1-15-8-7-11-24-19(15)13-23-12-16-14-26(21(2,3)4)25-20(16)17-9-5-6-10-18(17)22/h5-11,14,23H,12-13H2,1-4H3. The normalized spacial score (nSPS) is 11.7. The lowest BCUT2D eigenvalue weighted by Crippen LogP contribution is -2.22. The highest BCUT2D eigenvalue weighted by atomic mass is 35.5. The van der Waals surface area contributed by atoms with Crippen LogP contribution >= 0.6 is 11.6 Å². The molecule has 0 spiro atoms. The first-order valence-corrected chi connectivity index (χ1v) is 9.19. The van der Waals surface area contributed by atoms with Gasteiger partial charge in [-0.25, -0.2) is 0 Å². The van der Waals surface area contributed by atoms with E-state index >= 15 is 0 Å². The molecule has 1 aromatic carbocycles. The maximum absolute atomic E-state index is 6.43. The van der Waals surface area contributed by atoms with Crippen molar-refractivity contribution in [3.05, 3.63) is 70.6 Å². The van der Waals surface area contributed by atoms with Gasteiger partial charge in [0.05, 0.1) is 21.9 Å². The smallest absolute Gasteiger partial charge is 0.0983 e. The van der Waals surface area contributed by atoms with Crippen LogP contribution in [0.15, 0.2) is 48.8 Å². The van der Waals surface area contributed by atoms with Crippen LogP contribution in [0.25, 0.3) is 11.3 Å². The Labute approximate surface area is 160 Å². The molecular formula is C21H25ClN4. The fourth-order valence-electron chi connectivity index (χ4n) is 2.78. The summed E-state index contributed by atoms with van der Waals surface area (Å²) in [7, 11) is 0. The van der Waals surface area contributed by atoms with Crippen molar-refractivity contribution in [1.29, 1.82) is 0 Å². The first-order chi connectivity index (χ1) is 12.4. The number of aromatic nitrogens is 3. The third kappa shape index (κ3) is 4.14. The van der Waals surface area contributed by atoms with E-state index in [1.807, 2.05) is 41.2 Å². The highest BCUT2D eigenvalue weighted by Crippen LogP contribution is 2.30. The van der Waals surface area contributed by atoms with Crippen LogP contribution in [0, 0.1) is 6.92 Å². The molecule has 0 amide bonds. The van der Waals surface area contributed by atoms with Gasteiger partial charge >= 0.3 is 0 Å². The fraction of sp³-hybridized carbons (Fsp3) is 0.333. The topological polar surface area (TPSA) is 42.7 Å². The molecule has 2 aromatic heterocycles. The van der Waals surface area contributed by atoms with Crippen molar-refractivity contribution < 1.29 is 0 Å². The van der Waals surface area contributed by atoms with E-state index in [0.29, 0.717) is 11.6 Å². The van der Waals surface area contributed by atoms with Gasteiger partial charge in [-0.05, 0) is 45.4 Å². The molecule has 136 valence electrons. The van der Waals surface area contributed by atoms with E-state index in [-0.39, 0.29) is 5.54 Å². The molecule has 0 aliphatic rings. The molecule has 26 heavy (non-hydrogen) atoms. The minimum Gasteiger partial charge on any atom is -0.307 e. The lowest BCUT2D eigenvalue weighted by Gasteiger charge is -2.18. The van der Waals surface area contributed by atoms with E-state index in [9.17, 15) is 0 Å². The quantitative estimate of drug-likeness (QED) is 0.692. The number of nitrogens with zero attached hydrogens (tertiary/aromatic N) is 3. The molecule has 4 nitrogen and oxygen atoms in total. The molecule has 1 N–H and O–H groups in total. The molecule has 0 bridgehead atoms. The number of benzene rings is 1. The second-order valence-corrected chi connectivity index (χ2v) is 7.88. The molecule has 0 saturated heterocycles. The minimum absolute atomic E-state index is 0.0914. The van der Waals surface area contributed by atoms with Gasteiger partial charge in [0.15, 0.2) is 0 Å². The van der Waals surface area contributed by atoms with Crippen LogP contribution in [-0.2, 0) is 18.6 Å². The van der Waals surface area contributed by atoms with Gasteiger partial charge in [0, 0.05) is 36.6 Å². The molecule has 0 unspecified atom stereocenters. The van der Waals surface area contributed by atoms with Crippen molar-refractivity contribution >= 4 is 11.6 Å². The second-order valence-electron chi connectivity index (χ2n) is 7.47.